The van der Waals surface area contributed by atoms with Crippen LogP contribution < -0.4 is 5.32 Å². The van der Waals surface area contributed by atoms with Crippen LogP contribution >= 0.6 is 11.6 Å². The maximum atomic E-state index is 12.7. The summed E-state index contributed by atoms with van der Waals surface area (Å²) < 4.78 is 27.0. The Bertz CT molecular complexity index is 880. The molecule has 0 unspecified atom stereocenters. The number of nitrogens with one attached hydrogen (secondary N) is 1. The highest BCUT2D eigenvalue weighted by Gasteiger charge is 2.26. The van der Waals surface area contributed by atoms with Crippen LogP contribution in [0, 0.1) is 0 Å². The van der Waals surface area contributed by atoms with E-state index in [2.05, 4.69) is 10.3 Å². The number of halogens is 1. The van der Waals surface area contributed by atoms with Gasteiger partial charge in [0.2, 0.25) is 10.0 Å². The molecule has 0 aliphatic carbocycles. The second kappa shape index (κ2) is 7.51. The van der Waals surface area contributed by atoms with Crippen LogP contribution in [0.4, 0.5) is 5.69 Å². The van der Waals surface area contributed by atoms with E-state index in [1.54, 1.807) is 24.3 Å². The van der Waals surface area contributed by atoms with Crippen LogP contribution in [0.1, 0.15) is 29.6 Å². The number of piperidine rings is 1. The molecule has 132 valence electrons. The molecule has 1 aliphatic rings. The molecule has 1 N–H and O–H groups in total. The average Bonchev–Trinajstić information content (AvgIpc) is 2.63. The number of pyridine rings is 1. The average molecular weight is 380 g/mol. The van der Waals surface area contributed by atoms with Gasteiger partial charge in [-0.15, -0.1) is 0 Å². The van der Waals surface area contributed by atoms with Gasteiger partial charge >= 0.3 is 0 Å². The van der Waals surface area contributed by atoms with Gasteiger partial charge in [0.1, 0.15) is 5.15 Å². The molecule has 25 heavy (non-hydrogen) atoms. The highest BCUT2D eigenvalue weighted by atomic mass is 35.5. The highest BCUT2D eigenvalue weighted by Crippen LogP contribution is 2.23. The third-order valence-corrected chi connectivity index (χ3v) is 6.24. The van der Waals surface area contributed by atoms with Gasteiger partial charge in [0.25, 0.3) is 5.91 Å². The number of sulfonamides is 1. The third kappa shape index (κ3) is 4.00. The van der Waals surface area contributed by atoms with Crippen LogP contribution in [0.15, 0.2) is 47.5 Å². The number of nitrogens with zero attached hydrogens (tertiary/aromatic N) is 2. The van der Waals surface area contributed by atoms with Crippen molar-refractivity contribution in [1.29, 1.82) is 0 Å². The molecule has 2 heterocycles. The normalized spacial score (nSPS) is 15.7. The first kappa shape index (κ1) is 17.8. The fraction of sp³-hybridized carbons (Fsp3) is 0.294. The Hall–Kier alpha value is -1.96. The van der Waals surface area contributed by atoms with Gasteiger partial charge in [-0.2, -0.15) is 4.31 Å². The van der Waals surface area contributed by atoms with E-state index in [9.17, 15) is 13.2 Å². The van der Waals surface area contributed by atoms with Crippen LogP contribution in [-0.4, -0.2) is 36.7 Å². The fourth-order valence-corrected chi connectivity index (χ4v) is 4.51. The smallest absolute Gasteiger partial charge is 0.258 e. The van der Waals surface area contributed by atoms with E-state index in [1.807, 2.05) is 0 Å². The van der Waals surface area contributed by atoms with E-state index in [0.29, 0.717) is 18.8 Å². The number of amides is 1. The number of carbonyl (C=O) groups excluding carboxylic acids is 1. The molecule has 3 rings (SSSR count). The lowest BCUT2D eigenvalue weighted by molar-refractivity contribution is 0.102. The second-order valence-corrected chi connectivity index (χ2v) is 8.08. The van der Waals surface area contributed by atoms with Gasteiger partial charge in [-0.05, 0) is 43.2 Å². The number of benzene rings is 1. The van der Waals surface area contributed by atoms with Crippen LogP contribution in [0.25, 0.3) is 0 Å². The fourth-order valence-electron chi connectivity index (χ4n) is 2.74. The van der Waals surface area contributed by atoms with E-state index in [0.717, 1.165) is 19.3 Å². The summed E-state index contributed by atoms with van der Waals surface area (Å²) in [6.45, 7) is 1.06. The molecule has 0 saturated carbocycles. The first-order chi connectivity index (χ1) is 12.0. The summed E-state index contributed by atoms with van der Waals surface area (Å²) in [4.78, 5) is 16.3. The summed E-state index contributed by atoms with van der Waals surface area (Å²) in [5, 5.41) is 2.76. The molecule has 0 spiro atoms. The largest absolute Gasteiger partial charge is 0.322 e. The number of hydrogen-bond acceptors (Lipinski definition) is 4. The monoisotopic (exact) mass is 379 g/mol. The summed E-state index contributed by atoms with van der Waals surface area (Å²) >= 11 is 5.92. The predicted molar refractivity (Wildman–Crippen MR) is 96.3 cm³/mol. The molecule has 8 heteroatoms. The maximum absolute atomic E-state index is 12.7. The van der Waals surface area contributed by atoms with E-state index in [1.165, 1.54) is 22.6 Å². The lowest BCUT2D eigenvalue weighted by atomic mass is 10.2. The Kier molecular flexibility index (Phi) is 5.36. The topological polar surface area (TPSA) is 79.4 Å². The van der Waals surface area contributed by atoms with Crippen molar-refractivity contribution in [2.75, 3.05) is 18.4 Å². The minimum atomic E-state index is -3.55. The molecular weight excluding hydrogens is 362 g/mol. The van der Waals surface area contributed by atoms with Crippen molar-refractivity contribution in [3.8, 4) is 0 Å². The van der Waals surface area contributed by atoms with Crippen LogP contribution in [-0.2, 0) is 10.0 Å². The number of anilines is 1. The van der Waals surface area contributed by atoms with Crippen molar-refractivity contribution in [2.45, 2.75) is 24.2 Å². The van der Waals surface area contributed by atoms with Gasteiger partial charge in [0.15, 0.2) is 0 Å². The van der Waals surface area contributed by atoms with E-state index in [-0.39, 0.29) is 15.6 Å². The Balaban J connectivity index is 1.82. The van der Waals surface area contributed by atoms with Gasteiger partial charge in [0.05, 0.1) is 10.5 Å². The zero-order valence-electron chi connectivity index (χ0n) is 13.5. The molecule has 1 amide bonds. The van der Waals surface area contributed by atoms with Gasteiger partial charge in [-0.3, -0.25) is 4.79 Å². The van der Waals surface area contributed by atoms with Gasteiger partial charge < -0.3 is 5.32 Å². The molecule has 1 aromatic heterocycles. The second-order valence-electron chi connectivity index (χ2n) is 5.79. The highest BCUT2D eigenvalue weighted by molar-refractivity contribution is 7.89. The van der Waals surface area contributed by atoms with Crippen LogP contribution in [0.2, 0.25) is 5.15 Å². The van der Waals surface area contributed by atoms with Crippen molar-refractivity contribution < 1.29 is 13.2 Å². The van der Waals surface area contributed by atoms with Crippen molar-refractivity contribution >= 4 is 33.2 Å². The lowest BCUT2D eigenvalue weighted by Crippen LogP contribution is -2.35. The molecule has 6 nitrogen and oxygen atoms in total. The Morgan fingerprint density at radius 2 is 1.88 bits per heavy atom. The minimum absolute atomic E-state index is 0.0945. The number of aromatic nitrogens is 1. The molecule has 0 radical (unpaired) electrons. The van der Waals surface area contributed by atoms with Gasteiger partial charge in [-0.1, -0.05) is 24.1 Å². The van der Waals surface area contributed by atoms with Crippen molar-refractivity contribution in [1.82, 2.24) is 9.29 Å². The molecular formula is C17H18ClN3O3S. The predicted octanol–water partition coefficient (Wildman–Crippen LogP) is 3.16. The molecule has 1 aromatic carbocycles. The van der Waals surface area contributed by atoms with E-state index in [4.69, 9.17) is 11.6 Å². The van der Waals surface area contributed by atoms with Crippen molar-refractivity contribution in [3.63, 3.8) is 0 Å². The quantitative estimate of drug-likeness (QED) is 0.827. The summed E-state index contributed by atoms with van der Waals surface area (Å²) in [6, 6.07) is 9.41. The molecule has 0 bridgehead atoms. The van der Waals surface area contributed by atoms with Crippen LogP contribution in [0.5, 0.6) is 0 Å². The SMILES string of the molecule is O=C(Nc1cccc(S(=O)(=O)N2CCCCC2)c1)c1cccnc1Cl. The van der Waals surface area contributed by atoms with Crippen molar-refractivity contribution in [3.05, 3.63) is 53.3 Å². The molecule has 1 saturated heterocycles. The maximum Gasteiger partial charge on any atom is 0.258 e. The number of carbonyl (C=O) groups is 1. The van der Waals surface area contributed by atoms with Gasteiger partial charge in [0, 0.05) is 25.0 Å². The van der Waals surface area contributed by atoms with Gasteiger partial charge in [-0.25, -0.2) is 13.4 Å². The van der Waals surface area contributed by atoms with Crippen LogP contribution in [0.3, 0.4) is 0 Å². The van der Waals surface area contributed by atoms with E-state index < -0.39 is 15.9 Å². The summed E-state index contributed by atoms with van der Waals surface area (Å²) in [5.74, 6) is -0.439. The Morgan fingerprint density at radius 1 is 1.12 bits per heavy atom. The summed E-state index contributed by atoms with van der Waals surface area (Å²) in [7, 11) is -3.55. The first-order valence-electron chi connectivity index (χ1n) is 8.00. The van der Waals surface area contributed by atoms with E-state index >= 15 is 0 Å². The molecule has 1 aliphatic heterocycles. The zero-order valence-corrected chi connectivity index (χ0v) is 15.1. The number of hydrogen-bond donors (Lipinski definition) is 1. The summed E-state index contributed by atoms with van der Waals surface area (Å²) in [6.07, 6.45) is 4.28. The molecule has 0 atom stereocenters. The lowest BCUT2D eigenvalue weighted by Gasteiger charge is -2.26. The zero-order chi connectivity index (χ0) is 17.9. The first-order valence-corrected chi connectivity index (χ1v) is 9.82. The molecule has 1 fully saturated rings. The third-order valence-electron chi connectivity index (χ3n) is 4.05. The number of rotatable bonds is 4. The minimum Gasteiger partial charge on any atom is -0.322 e. The van der Waals surface area contributed by atoms with Crippen molar-refractivity contribution in [2.24, 2.45) is 0 Å². The summed E-state index contributed by atoms with van der Waals surface area (Å²) in [5.41, 5.74) is 0.622. The molecule has 2 aromatic rings. The Labute approximate surface area is 151 Å². The Morgan fingerprint density at radius 3 is 2.60 bits per heavy atom. The standard InChI is InChI=1S/C17H18ClN3O3S/c18-16-15(8-5-9-19-16)17(22)20-13-6-4-7-14(12-13)25(23,24)21-10-2-1-3-11-21/h4-9,12H,1-3,10-11H2,(H,20,22).